The van der Waals surface area contributed by atoms with Gasteiger partial charge in [-0.2, -0.15) is 0 Å². The molecule has 6 heteroatoms. The normalized spacial score (nSPS) is 18.7. The minimum Gasteiger partial charge on any atom is -0.381 e. The van der Waals surface area contributed by atoms with Crippen LogP contribution in [0.15, 0.2) is 78.8 Å². The highest BCUT2D eigenvalue weighted by Gasteiger charge is 2.21. The van der Waals surface area contributed by atoms with Crippen molar-refractivity contribution in [1.29, 1.82) is 0 Å². The van der Waals surface area contributed by atoms with Crippen LogP contribution in [0, 0.1) is 0 Å². The molecule has 0 aliphatic carbocycles. The summed E-state index contributed by atoms with van der Waals surface area (Å²) in [4.78, 5) is 23.0. The van der Waals surface area contributed by atoms with Crippen LogP contribution in [-0.2, 0) is 11.3 Å². The topological polar surface area (TPSA) is 60.5 Å². The molecule has 0 saturated carbocycles. The Morgan fingerprint density at radius 2 is 1.79 bits per heavy atom. The average molecular weight is 524 g/mol. The molecule has 1 amide bonds. The van der Waals surface area contributed by atoms with Gasteiger partial charge in [-0.3, -0.25) is 19.6 Å². The number of allylic oxidation sites excluding steroid dienone is 2. The molecule has 4 heterocycles. The van der Waals surface area contributed by atoms with Crippen LogP contribution >= 0.6 is 0 Å². The van der Waals surface area contributed by atoms with Crippen LogP contribution in [0.25, 0.3) is 16.7 Å². The predicted molar refractivity (Wildman–Crippen MR) is 161 cm³/mol. The molecule has 3 aliphatic heterocycles. The fraction of sp³-hybridized carbons (Fsp3) is 0.394. The molecule has 2 saturated heterocycles. The summed E-state index contributed by atoms with van der Waals surface area (Å²) in [7, 11) is 0. The third kappa shape index (κ3) is 6.94. The summed E-state index contributed by atoms with van der Waals surface area (Å²) < 4.78 is 0. The van der Waals surface area contributed by atoms with Crippen LogP contribution in [-0.4, -0.2) is 60.0 Å². The molecule has 5 rings (SSSR count). The maximum atomic E-state index is 13.6. The van der Waals surface area contributed by atoms with Gasteiger partial charge in [0.1, 0.15) is 0 Å². The second-order valence-electron chi connectivity index (χ2n) is 10.8. The Bertz CT molecular complexity index is 1280. The highest BCUT2D eigenvalue weighted by molar-refractivity contribution is 6.22. The summed E-state index contributed by atoms with van der Waals surface area (Å²) in [5, 5.41) is 6.57. The van der Waals surface area contributed by atoms with Gasteiger partial charge in [0.05, 0.1) is 0 Å². The van der Waals surface area contributed by atoms with E-state index in [1.54, 1.807) is 0 Å². The molecule has 2 N–H and O–H groups in total. The molecule has 0 unspecified atom stereocenters. The molecule has 3 aliphatic rings. The van der Waals surface area contributed by atoms with E-state index in [0.29, 0.717) is 12.1 Å². The number of piperidine rings is 1. The minimum absolute atomic E-state index is 0.0958. The van der Waals surface area contributed by atoms with Gasteiger partial charge in [0.15, 0.2) is 0 Å². The van der Waals surface area contributed by atoms with Crippen LogP contribution in [0.2, 0.25) is 0 Å². The van der Waals surface area contributed by atoms with Gasteiger partial charge in [0.2, 0.25) is 0 Å². The summed E-state index contributed by atoms with van der Waals surface area (Å²) in [6.45, 7) is 13.0. The molecule has 2 aromatic rings. The number of anilines is 1. The van der Waals surface area contributed by atoms with Gasteiger partial charge in [-0.25, -0.2) is 0 Å². The number of hydrogen-bond donors (Lipinski definition) is 2. The Morgan fingerprint density at radius 1 is 1.03 bits per heavy atom. The number of fused-ring (bicyclic) bond motifs is 1. The quantitative estimate of drug-likeness (QED) is 0.409. The van der Waals surface area contributed by atoms with Gasteiger partial charge in [0.25, 0.3) is 5.91 Å². The zero-order valence-electron chi connectivity index (χ0n) is 23.2. The van der Waals surface area contributed by atoms with E-state index in [0.717, 1.165) is 72.9 Å². The predicted octanol–water partition coefficient (Wildman–Crippen LogP) is 5.77. The van der Waals surface area contributed by atoms with E-state index in [9.17, 15) is 4.79 Å². The molecule has 0 radical (unpaired) electrons. The van der Waals surface area contributed by atoms with Crippen molar-refractivity contribution in [3.05, 3.63) is 89.9 Å². The van der Waals surface area contributed by atoms with E-state index in [1.807, 2.05) is 37.5 Å². The first-order chi connectivity index (χ1) is 19.1. The van der Waals surface area contributed by atoms with Crippen LogP contribution < -0.4 is 10.6 Å². The van der Waals surface area contributed by atoms with Crippen molar-refractivity contribution >= 4 is 17.2 Å². The molecule has 2 fully saturated rings. The monoisotopic (exact) mass is 523 g/mol. The lowest BCUT2D eigenvalue weighted by molar-refractivity contribution is -0.114. The van der Waals surface area contributed by atoms with Crippen molar-refractivity contribution in [3.63, 3.8) is 0 Å². The van der Waals surface area contributed by atoms with Gasteiger partial charge in [-0.15, -0.1) is 0 Å². The first kappa shape index (κ1) is 27.1. The largest absolute Gasteiger partial charge is 0.381 e. The van der Waals surface area contributed by atoms with E-state index < -0.39 is 0 Å². The van der Waals surface area contributed by atoms with Crippen molar-refractivity contribution in [2.24, 2.45) is 0 Å². The van der Waals surface area contributed by atoms with Gasteiger partial charge in [0, 0.05) is 60.1 Å². The number of carbonyl (C=O) groups excluding carboxylic acids is 1. The van der Waals surface area contributed by atoms with Crippen LogP contribution in [0.3, 0.4) is 0 Å². The number of rotatable bonds is 9. The smallest absolute Gasteiger partial charge is 0.256 e. The first-order valence-electron chi connectivity index (χ1n) is 14.4. The van der Waals surface area contributed by atoms with Crippen molar-refractivity contribution in [3.8, 4) is 11.1 Å². The van der Waals surface area contributed by atoms with E-state index >= 15 is 0 Å². The van der Waals surface area contributed by atoms with Gasteiger partial charge in [-0.1, -0.05) is 37.3 Å². The molecule has 0 bridgehead atoms. The summed E-state index contributed by atoms with van der Waals surface area (Å²) in [5.74, 6) is -0.0958. The molecular formula is C33H41N5O. The summed E-state index contributed by atoms with van der Waals surface area (Å²) in [6, 6.07) is 8.53. The van der Waals surface area contributed by atoms with Gasteiger partial charge >= 0.3 is 0 Å². The minimum atomic E-state index is -0.0958. The third-order valence-corrected chi connectivity index (χ3v) is 7.91. The third-order valence-electron chi connectivity index (χ3n) is 7.91. The molecule has 204 valence electrons. The Kier molecular flexibility index (Phi) is 9.07. The Balaban J connectivity index is 1.32. The second kappa shape index (κ2) is 13.0. The molecule has 1 aromatic carbocycles. The maximum Gasteiger partial charge on any atom is 0.256 e. The van der Waals surface area contributed by atoms with E-state index in [4.69, 9.17) is 0 Å². The highest BCUT2D eigenvalue weighted by Crippen LogP contribution is 2.33. The number of pyridine rings is 1. The van der Waals surface area contributed by atoms with E-state index in [2.05, 4.69) is 62.3 Å². The van der Waals surface area contributed by atoms with E-state index in [-0.39, 0.29) is 5.91 Å². The lowest BCUT2D eigenvalue weighted by Crippen LogP contribution is -2.31. The fourth-order valence-corrected chi connectivity index (χ4v) is 5.75. The Morgan fingerprint density at radius 3 is 2.56 bits per heavy atom. The number of hydrogen-bond acceptors (Lipinski definition) is 5. The standard InChI is InChI=1S/C33H41N5O/c1-3-25(23-37-14-6-5-7-15-37)19-29(4-2)36-33(39)30-12-13-35-32-11-10-27(20-31(30)32)28-18-26(21-34-22-28)24-38-16-8-9-17-38/h3-4,10-12,18-22,35H,1,5-9,13-17,23-24H2,2H3,(H,36,39)/b25-19+,29-4+. The Hall–Kier alpha value is -3.48. The van der Waals surface area contributed by atoms with Crippen molar-refractivity contribution in [1.82, 2.24) is 20.1 Å². The number of aromatic nitrogens is 1. The number of nitrogens with zero attached hydrogens (tertiary/aromatic N) is 3. The number of nitrogens with one attached hydrogen (secondary N) is 2. The van der Waals surface area contributed by atoms with Crippen molar-refractivity contribution in [2.45, 2.75) is 45.6 Å². The fourth-order valence-electron chi connectivity index (χ4n) is 5.75. The SMILES string of the molecule is C=C/C(=C\C(=C/C)NC(=O)C1=CCNc2ccc(-c3cncc(CN4CCCC4)c3)cc21)CN1CCCCC1. The van der Waals surface area contributed by atoms with Gasteiger partial charge in [-0.05, 0) is 99.8 Å². The number of carbonyl (C=O) groups is 1. The van der Waals surface area contributed by atoms with Crippen LogP contribution in [0.4, 0.5) is 5.69 Å². The molecule has 0 spiro atoms. The molecule has 6 nitrogen and oxygen atoms in total. The number of likely N-dealkylation sites (tertiary alicyclic amines) is 2. The zero-order valence-corrected chi connectivity index (χ0v) is 23.2. The van der Waals surface area contributed by atoms with E-state index in [1.165, 1.54) is 37.7 Å². The van der Waals surface area contributed by atoms with Crippen LogP contribution in [0.1, 0.15) is 50.2 Å². The van der Waals surface area contributed by atoms with Crippen LogP contribution in [0.5, 0.6) is 0 Å². The first-order valence-corrected chi connectivity index (χ1v) is 14.4. The maximum absolute atomic E-state index is 13.6. The molecule has 1 aromatic heterocycles. The zero-order chi connectivity index (χ0) is 27.0. The average Bonchev–Trinajstić information content (AvgIpc) is 3.49. The Labute approximate surface area is 233 Å². The molecule has 39 heavy (non-hydrogen) atoms. The number of amides is 1. The summed E-state index contributed by atoms with van der Waals surface area (Å²) in [5.41, 5.74) is 7.86. The molecular weight excluding hydrogens is 482 g/mol. The second-order valence-corrected chi connectivity index (χ2v) is 10.8. The lowest BCUT2D eigenvalue weighted by Gasteiger charge is -2.27. The number of benzene rings is 1. The van der Waals surface area contributed by atoms with Crippen molar-refractivity contribution in [2.75, 3.05) is 44.6 Å². The highest BCUT2D eigenvalue weighted by atomic mass is 16.1. The van der Waals surface area contributed by atoms with Gasteiger partial charge < -0.3 is 10.6 Å². The van der Waals surface area contributed by atoms with Crippen molar-refractivity contribution < 1.29 is 4.79 Å². The lowest BCUT2D eigenvalue weighted by atomic mass is 9.94. The molecule has 0 atom stereocenters. The summed E-state index contributed by atoms with van der Waals surface area (Å²) in [6.07, 6.45) is 18.1. The summed E-state index contributed by atoms with van der Waals surface area (Å²) >= 11 is 0.